The molecule has 27 heavy (non-hydrogen) atoms. The number of aryl methyl sites for hydroxylation is 2. The summed E-state index contributed by atoms with van der Waals surface area (Å²) in [6.07, 6.45) is 12.9. The van der Waals surface area contributed by atoms with Crippen LogP contribution in [0.15, 0.2) is 29.4 Å². The molecule has 0 saturated heterocycles. The number of oxime groups is 1. The van der Waals surface area contributed by atoms with Crippen molar-refractivity contribution in [3.63, 3.8) is 0 Å². The fourth-order valence-corrected chi connectivity index (χ4v) is 4.02. The van der Waals surface area contributed by atoms with E-state index in [1.807, 2.05) is 0 Å². The average molecular weight is 389 g/mol. The smallest absolute Gasteiger partial charge is 0.177 e. The second-order valence-corrected chi connectivity index (χ2v) is 7.22. The fraction of sp³-hybridized carbons (Fsp3) is 0.500. The molecule has 0 atom stereocenters. The van der Waals surface area contributed by atoms with Gasteiger partial charge in [0.15, 0.2) is 5.78 Å². The zero-order chi connectivity index (χ0) is 18.2. The molecule has 0 bridgehead atoms. The van der Waals surface area contributed by atoms with E-state index in [0.717, 1.165) is 43.8 Å². The molecule has 5 heteroatoms. The van der Waals surface area contributed by atoms with Gasteiger partial charge in [0, 0.05) is 17.5 Å². The number of Topliss-reactive ketones (excluding diaryl/α,β-unsaturated/α-hetero) is 1. The van der Waals surface area contributed by atoms with E-state index < -0.39 is 0 Å². The van der Waals surface area contributed by atoms with E-state index in [9.17, 15) is 4.79 Å². The summed E-state index contributed by atoms with van der Waals surface area (Å²) < 4.78 is 0. The van der Waals surface area contributed by atoms with Crippen LogP contribution >= 0.6 is 12.4 Å². The Kier molecular flexibility index (Phi) is 8.73. The quantitative estimate of drug-likeness (QED) is 0.269. The summed E-state index contributed by atoms with van der Waals surface area (Å²) in [6, 6.07) is 8.56. The molecule has 0 saturated carbocycles. The van der Waals surface area contributed by atoms with Crippen molar-refractivity contribution in [3.05, 3.63) is 41.1 Å². The van der Waals surface area contributed by atoms with Crippen molar-refractivity contribution in [1.82, 2.24) is 4.98 Å². The van der Waals surface area contributed by atoms with Crippen LogP contribution in [-0.4, -0.2) is 22.2 Å². The van der Waals surface area contributed by atoms with Crippen LogP contribution in [0.3, 0.4) is 0 Å². The Morgan fingerprint density at radius 2 is 1.81 bits per heavy atom. The van der Waals surface area contributed by atoms with Crippen molar-refractivity contribution in [2.75, 3.05) is 0 Å². The van der Waals surface area contributed by atoms with Gasteiger partial charge in [0.25, 0.3) is 0 Å². The van der Waals surface area contributed by atoms with Gasteiger partial charge in [-0.2, -0.15) is 0 Å². The van der Waals surface area contributed by atoms with E-state index in [4.69, 9.17) is 10.2 Å². The van der Waals surface area contributed by atoms with Gasteiger partial charge < -0.3 is 5.21 Å². The highest BCUT2D eigenvalue weighted by Crippen LogP contribution is 2.30. The number of halogens is 1. The number of ketones is 1. The summed E-state index contributed by atoms with van der Waals surface area (Å²) in [4.78, 5) is 16.2. The number of hydrogen-bond donors (Lipinski definition) is 1. The average Bonchev–Trinajstić information content (AvgIpc) is 2.66. The van der Waals surface area contributed by atoms with Crippen LogP contribution in [-0.2, 0) is 24.1 Å². The standard InChI is InChI=1S/C22H28N2O2.ClH/c25-17(16-23-26)10-4-2-1-3-5-11-18-19-12-6-8-14-21(19)24-22-15-9-7-13-20(18)22;/h6,8,12,14,16,26H,1-5,7,9-11,13,15H2;1H/b23-16+;. The van der Waals surface area contributed by atoms with E-state index in [-0.39, 0.29) is 18.2 Å². The Hall–Kier alpha value is -1.94. The van der Waals surface area contributed by atoms with Gasteiger partial charge >= 0.3 is 0 Å². The first-order valence-corrected chi connectivity index (χ1v) is 9.89. The molecule has 1 aromatic carbocycles. The molecule has 0 fully saturated rings. The molecule has 0 radical (unpaired) electrons. The molecule has 1 aliphatic carbocycles. The van der Waals surface area contributed by atoms with Gasteiger partial charge in [0.1, 0.15) is 6.21 Å². The summed E-state index contributed by atoms with van der Waals surface area (Å²) in [5.41, 5.74) is 5.52. The second kappa shape index (κ2) is 11.0. The van der Waals surface area contributed by atoms with Gasteiger partial charge in [0.2, 0.25) is 0 Å². The molecule has 0 amide bonds. The first kappa shape index (κ1) is 21.4. The lowest BCUT2D eigenvalue weighted by atomic mass is 9.87. The third-order valence-electron chi connectivity index (χ3n) is 5.34. The Bertz CT molecular complexity index is 789. The van der Waals surface area contributed by atoms with E-state index in [1.165, 1.54) is 54.3 Å². The van der Waals surface area contributed by atoms with Crippen LogP contribution in [0.2, 0.25) is 0 Å². The van der Waals surface area contributed by atoms with Gasteiger partial charge in [-0.15, -0.1) is 12.4 Å². The maximum atomic E-state index is 11.3. The zero-order valence-corrected chi connectivity index (χ0v) is 16.6. The van der Waals surface area contributed by atoms with Crippen LogP contribution < -0.4 is 0 Å². The molecular weight excluding hydrogens is 360 g/mol. The molecule has 0 aliphatic heterocycles. The van der Waals surface area contributed by atoms with Crippen molar-refractivity contribution in [2.45, 2.75) is 70.6 Å². The summed E-state index contributed by atoms with van der Waals surface area (Å²) in [5.74, 6) is -0.0950. The number of carbonyl (C=O) groups excluding carboxylic acids is 1. The van der Waals surface area contributed by atoms with Gasteiger partial charge in [-0.3, -0.25) is 9.78 Å². The Balaban J connectivity index is 0.00000261. The largest absolute Gasteiger partial charge is 0.411 e. The molecule has 1 N–H and O–H groups in total. The van der Waals surface area contributed by atoms with E-state index in [2.05, 4.69) is 29.4 Å². The number of aromatic nitrogens is 1. The van der Waals surface area contributed by atoms with Crippen molar-refractivity contribution in [2.24, 2.45) is 5.16 Å². The number of unbranched alkanes of at least 4 members (excludes halogenated alkanes) is 4. The Morgan fingerprint density at radius 1 is 1.07 bits per heavy atom. The van der Waals surface area contributed by atoms with Crippen LogP contribution in [0.1, 0.15) is 68.2 Å². The number of pyridine rings is 1. The predicted molar refractivity (Wildman–Crippen MR) is 112 cm³/mol. The van der Waals surface area contributed by atoms with E-state index >= 15 is 0 Å². The topological polar surface area (TPSA) is 62.5 Å². The second-order valence-electron chi connectivity index (χ2n) is 7.22. The lowest BCUT2D eigenvalue weighted by Gasteiger charge is -2.21. The Morgan fingerprint density at radius 3 is 2.67 bits per heavy atom. The molecule has 0 unspecified atom stereocenters. The number of hydrogen-bond acceptors (Lipinski definition) is 4. The maximum Gasteiger partial charge on any atom is 0.177 e. The predicted octanol–water partition coefficient (Wildman–Crippen LogP) is 5.45. The molecule has 2 aromatic rings. The van der Waals surface area contributed by atoms with E-state index in [1.54, 1.807) is 0 Å². The summed E-state index contributed by atoms with van der Waals surface area (Å²) in [5, 5.41) is 12.4. The zero-order valence-electron chi connectivity index (χ0n) is 15.8. The van der Waals surface area contributed by atoms with Crippen LogP contribution in [0.4, 0.5) is 0 Å². The van der Waals surface area contributed by atoms with Crippen molar-refractivity contribution >= 4 is 35.3 Å². The van der Waals surface area contributed by atoms with Crippen molar-refractivity contribution in [1.29, 1.82) is 0 Å². The fourth-order valence-electron chi connectivity index (χ4n) is 4.02. The molecule has 3 rings (SSSR count). The van der Waals surface area contributed by atoms with Crippen LogP contribution in [0, 0.1) is 0 Å². The molecular formula is C22H29ClN2O2. The first-order valence-electron chi connectivity index (χ1n) is 9.89. The minimum absolute atomic E-state index is 0. The van der Waals surface area contributed by atoms with Gasteiger partial charge in [0.05, 0.1) is 5.52 Å². The molecule has 4 nitrogen and oxygen atoms in total. The highest BCUT2D eigenvalue weighted by Gasteiger charge is 2.17. The third-order valence-corrected chi connectivity index (χ3v) is 5.34. The monoisotopic (exact) mass is 388 g/mol. The van der Waals surface area contributed by atoms with Gasteiger partial charge in [-0.1, -0.05) is 42.6 Å². The molecule has 1 heterocycles. The highest BCUT2D eigenvalue weighted by molar-refractivity contribution is 6.27. The van der Waals surface area contributed by atoms with E-state index in [0.29, 0.717) is 6.42 Å². The first-order chi connectivity index (χ1) is 12.8. The SMILES string of the molecule is Cl.O=C(/C=N/O)CCCCCCCc1c2c(nc3ccccc13)CCCC2. The minimum Gasteiger partial charge on any atom is -0.411 e. The summed E-state index contributed by atoms with van der Waals surface area (Å²) in [7, 11) is 0. The molecule has 1 aromatic heterocycles. The highest BCUT2D eigenvalue weighted by atomic mass is 35.5. The van der Waals surface area contributed by atoms with Gasteiger partial charge in [-0.05, 0) is 62.1 Å². The number of para-hydroxylation sites is 1. The number of benzene rings is 1. The Labute approximate surface area is 167 Å². The minimum atomic E-state index is -0.0950. The lowest BCUT2D eigenvalue weighted by Crippen LogP contribution is -2.10. The van der Waals surface area contributed by atoms with Crippen molar-refractivity contribution in [3.8, 4) is 0 Å². The normalized spacial score (nSPS) is 13.5. The van der Waals surface area contributed by atoms with Crippen molar-refractivity contribution < 1.29 is 10.0 Å². The third kappa shape index (κ3) is 5.77. The number of rotatable bonds is 9. The summed E-state index contributed by atoms with van der Waals surface area (Å²) in [6.45, 7) is 0. The summed E-state index contributed by atoms with van der Waals surface area (Å²) >= 11 is 0. The maximum absolute atomic E-state index is 11.3. The molecule has 1 aliphatic rings. The van der Waals surface area contributed by atoms with Crippen LogP contribution in [0.25, 0.3) is 10.9 Å². The molecule has 146 valence electrons. The number of carbonyl (C=O) groups is 1. The van der Waals surface area contributed by atoms with Crippen LogP contribution in [0.5, 0.6) is 0 Å². The number of nitrogens with zero attached hydrogens (tertiary/aromatic N) is 2. The van der Waals surface area contributed by atoms with Gasteiger partial charge in [-0.25, -0.2) is 0 Å². The number of fused-ring (bicyclic) bond motifs is 2. The molecule has 0 spiro atoms. The lowest BCUT2D eigenvalue weighted by molar-refractivity contribution is -0.112.